The van der Waals surface area contributed by atoms with Crippen LogP contribution in [0.4, 0.5) is 0 Å². The van der Waals surface area contributed by atoms with E-state index in [9.17, 15) is 0 Å². The molecule has 0 fully saturated rings. The molecule has 0 aromatic heterocycles. The zero-order chi connectivity index (χ0) is 23.7. The lowest BCUT2D eigenvalue weighted by Gasteiger charge is -2.13. The predicted molar refractivity (Wildman–Crippen MR) is 151 cm³/mol. The van der Waals surface area contributed by atoms with E-state index in [0.29, 0.717) is 0 Å². The van der Waals surface area contributed by atoms with E-state index in [4.69, 9.17) is 0 Å². The molecule has 0 heteroatoms. The van der Waals surface area contributed by atoms with Gasteiger partial charge in [-0.15, -0.1) is 0 Å². The maximum atomic E-state index is 2.33. The summed E-state index contributed by atoms with van der Waals surface area (Å²) in [5.41, 5.74) is 10.2. The van der Waals surface area contributed by atoms with Crippen LogP contribution in [0.3, 0.4) is 0 Å². The third-order valence-corrected chi connectivity index (χ3v) is 6.79. The van der Waals surface area contributed by atoms with Crippen LogP contribution in [0.25, 0.3) is 45.8 Å². The Morgan fingerprint density at radius 1 is 0.353 bits per heavy atom. The van der Waals surface area contributed by atoms with Crippen molar-refractivity contribution in [1.29, 1.82) is 0 Å². The first kappa shape index (κ1) is 21.9. The number of fused-ring (bicyclic) bond motifs is 2. The molecule has 0 aliphatic carbocycles. The molecule has 0 aliphatic rings. The van der Waals surface area contributed by atoms with Gasteiger partial charge in [0.15, 0.2) is 0 Å². The fraction of sp³-hybridized carbons (Fsp3) is 0.118. The Morgan fingerprint density at radius 3 is 1.06 bits per heavy atom. The first-order valence-corrected chi connectivity index (χ1v) is 11.9. The average molecular weight is 439 g/mol. The molecule has 0 heterocycles. The van der Waals surface area contributed by atoms with Crippen LogP contribution in [-0.2, 0) is 0 Å². The fourth-order valence-corrected chi connectivity index (χ4v) is 4.64. The van der Waals surface area contributed by atoms with Gasteiger partial charge < -0.3 is 0 Å². The maximum absolute atomic E-state index is 2.33. The van der Waals surface area contributed by atoms with Crippen molar-refractivity contribution in [3.05, 3.63) is 129 Å². The highest BCUT2D eigenvalue weighted by atomic mass is 14.1. The third-order valence-electron chi connectivity index (χ3n) is 6.79. The molecule has 166 valence electrons. The summed E-state index contributed by atoms with van der Waals surface area (Å²) in [6.07, 6.45) is 8.80. The summed E-state index contributed by atoms with van der Waals surface area (Å²) in [5, 5.41) is 5.33. The van der Waals surface area contributed by atoms with E-state index in [1.54, 1.807) is 0 Å². The van der Waals surface area contributed by atoms with Crippen molar-refractivity contribution >= 4 is 45.8 Å². The van der Waals surface area contributed by atoms with Crippen molar-refractivity contribution in [2.45, 2.75) is 27.7 Å². The zero-order valence-electron chi connectivity index (χ0n) is 20.4. The molecule has 0 unspecified atom stereocenters. The summed E-state index contributed by atoms with van der Waals surface area (Å²) >= 11 is 0. The van der Waals surface area contributed by atoms with Crippen LogP contribution in [-0.4, -0.2) is 0 Å². The van der Waals surface area contributed by atoms with Crippen LogP contribution in [0.2, 0.25) is 0 Å². The highest BCUT2D eigenvalue weighted by Crippen LogP contribution is 2.34. The Labute approximate surface area is 202 Å². The summed E-state index contributed by atoms with van der Waals surface area (Å²) in [5.74, 6) is 0. The molecule has 5 aromatic rings. The fourth-order valence-electron chi connectivity index (χ4n) is 4.64. The van der Waals surface area contributed by atoms with E-state index in [0.717, 1.165) is 0 Å². The van der Waals surface area contributed by atoms with Gasteiger partial charge in [-0.3, -0.25) is 0 Å². The second-order valence-electron chi connectivity index (χ2n) is 9.35. The average Bonchev–Trinajstić information content (AvgIpc) is 2.86. The van der Waals surface area contributed by atoms with Gasteiger partial charge in [-0.1, -0.05) is 108 Å². The summed E-state index contributed by atoms with van der Waals surface area (Å²) < 4.78 is 0. The lowest BCUT2D eigenvalue weighted by Crippen LogP contribution is -1.90. The summed E-state index contributed by atoms with van der Waals surface area (Å²) in [4.78, 5) is 0. The highest BCUT2D eigenvalue weighted by molar-refractivity contribution is 6.06. The number of hydrogen-bond donors (Lipinski definition) is 0. The minimum absolute atomic E-state index is 1.23. The van der Waals surface area contributed by atoms with Crippen LogP contribution in [0, 0.1) is 27.7 Å². The van der Waals surface area contributed by atoms with E-state index in [1.165, 1.54) is 66.1 Å². The van der Waals surface area contributed by atoms with Crippen molar-refractivity contribution in [2.24, 2.45) is 0 Å². The Morgan fingerprint density at radius 2 is 0.676 bits per heavy atom. The molecule has 34 heavy (non-hydrogen) atoms. The van der Waals surface area contributed by atoms with Gasteiger partial charge in [0.2, 0.25) is 0 Å². The first-order chi connectivity index (χ1) is 16.5. The monoisotopic (exact) mass is 438 g/mol. The van der Waals surface area contributed by atoms with Crippen molar-refractivity contribution in [1.82, 2.24) is 0 Å². The van der Waals surface area contributed by atoms with Crippen molar-refractivity contribution in [3.63, 3.8) is 0 Å². The smallest absolute Gasteiger partial charge is 0.0140 e. The van der Waals surface area contributed by atoms with Crippen LogP contribution in [0.1, 0.15) is 44.5 Å². The van der Waals surface area contributed by atoms with Gasteiger partial charge in [0.05, 0.1) is 0 Å². The number of benzene rings is 5. The molecule has 0 radical (unpaired) electrons. The Balaban J connectivity index is 1.52. The molecule has 0 N–H and O–H groups in total. The molecule has 0 spiro atoms. The van der Waals surface area contributed by atoms with Gasteiger partial charge >= 0.3 is 0 Å². The van der Waals surface area contributed by atoms with Gasteiger partial charge in [-0.05, 0) is 94.8 Å². The minimum atomic E-state index is 1.23. The Kier molecular flexibility index (Phi) is 5.90. The van der Waals surface area contributed by atoms with E-state index < -0.39 is 0 Å². The SMILES string of the molecule is Cc1ccc(/C=C/c2ccc3c(C)c4cc(/C=C/c5ccc(C)cc5)ccc4c(C)c3c2)cc1. The molecular formula is C34H30. The molecular weight excluding hydrogens is 408 g/mol. The van der Waals surface area contributed by atoms with E-state index in [1.807, 2.05) is 0 Å². The molecule has 5 aromatic carbocycles. The standard InChI is InChI=1S/C34H30/c1-23-5-9-27(10-6-23)13-15-29-17-19-31-26(4)34-22-30(16-14-28-11-7-24(2)8-12-28)18-20-32(34)25(3)33(31)21-29/h5-22H,1-4H3/b15-13+,16-14+. The molecule has 0 saturated carbocycles. The predicted octanol–water partition coefficient (Wildman–Crippen LogP) is 9.57. The van der Waals surface area contributed by atoms with E-state index in [-0.39, 0.29) is 0 Å². The first-order valence-electron chi connectivity index (χ1n) is 11.9. The van der Waals surface area contributed by atoms with Crippen molar-refractivity contribution in [2.75, 3.05) is 0 Å². The molecule has 0 amide bonds. The van der Waals surface area contributed by atoms with Gasteiger partial charge in [-0.25, -0.2) is 0 Å². The second kappa shape index (κ2) is 9.15. The quantitative estimate of drug-likeness (QED) is 0.193. The number of rotatable bonds is 4. The molecule has 0 nitrogen and oxygen atoms in total. The van der Waals surface area contributed by atoms with Crippen LogP contribution in [0.15, 0.2) is 84.9 Å². The maximum Gasteiger partial charge on any atom is -0.0140 e. The largest absolute Gasteiger partial charge is 0.0587 e. The van der Waals surface area contributed by atoms with Crippen molar-refractivity contribution in [3.8, 4) is 0 Å². The minimum Gasteiger partial charge on any atom is -0.0587 e. The summed E-state index contributed by atoms with van der Waals surface area (Å²) in [6.45, 7) is 8.74. The number of aryl methyl sites for hydroxylation is 4. The van der Waals surface area contributed by atoms with Gasteiger partial charge in [-0.2, -0.15) is 0 Å². The van der Waals surface area contributed by atoms with Crippen LogP contribution >= 0.6 is 0 Å². The normalized spacial score (nSPS) is 11.9. The number of hydrogen-bond acceptors (Lipinski definition) is 0. The van der Waals surface area contributed by atoms with Gasteiger partial charge in [0.25, 0.3) is 0 Å². The zero-order valence-corrected chi connectivity index (χ0v) is 20.4. The molecule has 0 saturated heterocycles. The second-order valence-corrected chi connectivity index (χ2v) is 9.35. The van der Waals surface area contributed by atoms with Gasteiger partial charge in [0, 0.05) is 0 Å². The topological polar surface area (TPSA) is 0 Å². The summed E-state index contributed by atoms with van der Waals surface area (Å²) in [6, 6.07) is 31.0. The van der Waals surface area contributed by atoms with E-state index in [2.05, 4.69) is 137 Å². The van der Waals surface area contributed by atoms with Gasteiger partial charge in [0.1, 0.15) is 0 Å². The van der Waals surface area contributed by atoms with E-state index >= 15 is 0 Å². The molecule has 0 bridgehead atoms. The molecule has 0 atom stereocenters. The highest BCUT2D eigenvalue weighted by Gasteiger charge is 2.09. The van der Waals surface area contributed by atoms with Crippen molar-refractivity contribution < 1.29 is 0 Å². The Bertz CT molecular complexity index is 1420. The van der Waals surface area contributed by atoms with Crippen LogP contribution < -0.4 is 0 Å². The lowest BCUT2D eigenvalue weighted by atomic mass is 9.91. The molecule has 5 rings (SSSR count). The lowest BCUT2D eigenvalue weighted by molar-refractivity contribution is 1.46. The molecule has 0 aliphatic heterocycles. The Hall–Kier alpha value is -3.90. The third kappa shape index (κ3) is 4.45. The summed E-state index contributed by atoms with van der Waals surface area (Å²) in [7, 11) is 0. The van der Waals surface area contributed by atoms with Crippen LogP contribution in [0.5, 0.6) is 0 Å².